The van der Waals surface area contributed by atoms with Crippen molar-refractivity contribution < 1.29 is 9.59 Å². The van der Waals surface area contributed by atoms with E-state index in [4.69, 9.17) is 16.9 Å². The van der Waals surface area contributed by atoms with E-state index in [0.717, 1.165) is 0 Å². The Morgan fingerprint density at radius 3 is 2.56 bits per heavy atom. The summed E-state index contributed by atoms with van der Waals surface area (Å²) in [5.74, 6) is -0.384. The van der Waals surface area contributed by atoms with Crippen molar-refractivity contribution in [3.8, 4) is 6.07 Å². The van der Waals surface area contributed by atoms with Gasteiger partial charge >= 0.3 is 0 Å². The maximum Gasteiger partial charge on any atom is 0.253 e. The molecule has 0 bridgehead atoms. The molecule has 2 N–H and O–H groups in total. The lowest BCUT2D eigenvalue weighted by Gasteiger charge is -2.12. The van der Waals surface area contributed by atoms with Crippen LogP contribution < -0.4 is 10.6 Å². The number of rotatable bonds is 5. The van der Waals surface area contributed by atoms with Gasteiger partial charge in [-0.2, -0.15) is 5.26 Å². The van der Waals surface area contributed by atoms with Crippen LogP contribution in [0.1, 0.15) is 15.9 Å². The Labute approximate surface area is 151 Å². The van der Waals surface area contributed by atoms with Gasteiger partial charge in [-0.05, 0) is 36.4 Å². The Morgan fingerprint density at radius 1 is 1.16 bits per heavy atom. The Balaban J connectivity index is 1.96. The lowest BCUT2D eigenvalue weighted by Crippen LogP contribution is -2.23. The lowest BCUT2D eigenvalue weighted by molar-refractivity contribution is -0.114. The summed E-state index contributed by atoms with van der Waals surface area (Å²) in [6.45, 7) is 0.0250. The van der Waals surface area contributed by atoms with Gasteiger partial charge in [0.1, 0.15) is 6.07 Å². The molecular formula is C18H17ClN4O2. The zero-order valence-electron chi connectivity index (χ0n) is 13.8. The van der Waals surface area contributed by atoms with Crippen LogP contribution in [-0.4, -0.2) is 37.4 Å². The van der Waals surface area contributed by atoms with Crippen LogP contribution in [-0.2, 0) is 4.79 Å². The molecule has 7 heteroatoms. The normalized spacial score (nSPS) is 9.84. The van der Waals surface area contributed by atoms with Gasteiger partial charge < -0.3 is 15.5 Å². The zero-order valence-corrected chi connectivity index (χ0v) is 14.6. The fraction of sp³-hybridized carbons (Fsp3) is 0.167. The number of anilines is 2. The van der Waals surface area contributed by atoms with E-state index in [2.05, 4.69) is 10.6 Å². The molecule has 2 amide bonds. The number of hydrogen-bond donors (Lipinski definition) is 2. The molecule has 6 nitrogen and oxygen atoms in total. The molecule has 0 saturated carbocycles. The van der Waals surface area contributed by atoms with Gasteiger partial charge in [0.25, 0.3) is 5.91 Å². The van der Waals surface area contributed by atoms with Crippen LogP contribution in [0.4, 0.5) is 11.4 Å². The summed E-state index contributed by atoms with van der Waals surface area (Å²) < 4.78 is 0. The number of carbonyl (C=O) groups is 2. The standard InChI is InChI=1S/C18H17ClN4O2/c1-23(2)18(25)12-4-3-5-14(8-12)21-11-17(24)22-15-7-6-13(10-20)16(19)9-15/h3-9,21H,11H2,1-2H3,(H,22,24). The summed E-state index contributed by atoms with van der Waals surface area (Å²) in [4.78, 5) is 25.5. The molecule has 2 aromatic carbocycles. The van der Waals surface area contributed by atoms with Crippen LogP contribution in [0.5, 0.6) is 0 Å². The molecule has 2 aromatic rings. The second-order valence-electron chi connectivity index (χ2n) is 5.49. The van der Waals surface area contributed by atoms with Crippen molar-refractivity contribution in [1.82, 2.24) is 4.90 Å². The minimum absolute atomic E-state index is 0.0250. The third kappa shape index (κ3) is 4.96. The summed E-state index contributed by atoms with van der Waals surface area (Å²) in [5, 5.41) is 14.8. The summed E-state index contributed by atoms with van der Waals surface area (Å²) in [6.07, 6.45) is 0. The molecule has 128 valence electrons. The maximum absolute atomic E-state index is 12.0. The highest BCUT2D eigenvalue weighted by Crippen LogP contribution is 2.20. The molecule has 0 fully saturated rings. The van der Waals surface area contributed by atoms with E-state index in [-0.39, 0.29) is 23.4 Å². The fourth-order valence-electron chi connectivity index (χ4n) is 2.09. The largest absolute Gasteiger partial charge is 0.376 e. The predicted molar refractivity (Wildman–Crippen MR) is 97.7 cm³/mol. The second kappa shape index (κ2) is 8.18. The van der Waals surface area contributed by atoms with Crippen LogP contribution in [0, 0.1) is 11.3 Å². The molecule has 0 saturated heterocycles. The first-order chi connectivity index (χ1) is 11.9. The Morgan fingerprint density at radius 2 is 1.92 bits per heavy atom. The Hall–Kier alpha value is -3.04. The number of carbonyl (C=O) groups excluding carboxylic acids is 2. The number of benzene rings is 2. The third-order valence-electron chi connectivity index (χ3n) is 3.34. The molecule has 0 atom stereocenters. The van der Waals surface area contributed by atoms with E-state index < -0.39 is 0 Å². The first-order valence-electron chi connectivity index (χ1n) is 7.46. The number of halogens is 1. The van der Waals surface area contributed by atoms with Crippen molar-refractivity contribution in [2.45, 2.75) is 0 Å². The molecule has 0 aliphatic heterocycles. The monoisotopic (exact) mass is 356 g/mol. The quantitative estimate of drug-likeness (QED) is 0.862. The van der Waals surface area contributed by atoms with Gasteiger partial charge in [-0.3, -0.25) is 9.59 Å². The highest BCUT2D eigenvalue weighted by atomic mass is 35.5. The van der Waals surface area contributed by atoms with Gasteiger partial charge in [-0.1, -0.05) is 17.7 Å². The van der Waals surface area contributed by atoms with Gasteiger partial charge in [0, 0.05) is 31.0 Å². The smallest absolute Gasteiger partial charge is 0.253 e. The predicted octanol–water partition coefficient (Wildman–Crippen LogP) is 2.96. The van der Waals surface area contributed by atoms with Gasteiger partial charge in [0.05, 0.1) is 17.1 Å². The molecular weight excluding hydrogens is 340 g/mol. The second-order valence-corrected chi connectivity index (χ2v) is 5.90. The van der Waals surface area contributed by atoms with Crippen molar-refractivity contribution in [1.29, 1.82) is 5.26 Å². The van der Waals surface area contributed by atoms with E-state index in [1.54, 1.807) is 50.5 Å². The van der Waals surface area contributed by atoms with Crippen LogP contribution in [0.3, 0.4) is 0 Å². The minimum atomic E-state index is -0.273. The van der Waals surface area contributed by atoms with Crippen LogP contribution in [0.2, 0.25) is 5.02 Å². The average molecular weight is 357 g/mol. The number of nitrogens with zero attached hydrogens (tertiary/aromatic N) is 2. The van der Waals surface area contributed by atoms with Gasteiger partial charge in [-0.15, -0.1) is 0 Å². The molecule has 0 spiro atoms. The Kier molecular flexibility index (Phi) is 5.98. The molecule has 2 rings (SSSR count). The third-order valence-corrected chi connectivity index (χ3v) is 3.65. The fourth-order valence-corrected chi connectivity index (χ4v) is 2.31. The molecule has 0 aliphatic carbocycles. The van der Waals surface area contributed by atoms with Crippen molar-refractivity contribution in [3.05, 3.63) is 58.6 Å². The van der Waals surface area contributed by atoms with Crippen LogP contribution >= 0.6 is 11.6 Å². The van der Waals surface area contributed by atoms with Crippen LogP contribution in [0.25, 0.3) is 0 Å². The van der Waals surface area contributed by atoms with Crippen LogP contribution in [0.15, 0.2) is 42.5 Å². The SMILES string of the molecule is CN(C)C(=O)c1cccc(NCC(=O)Nc2ccc(C#N)c(Cl)c2)c1. The van der Waals surface area contributed by atoms with Crippen molar-refractivity contribution in [2.75, 3.05) is 31.3 Å². The van der Waals surface area contributed by atoms with E-state index in [0.29, 0.717) is 22.5 Å². The highest BCUT2D eigenvalue weighted by Gasteiger charge is 2.09. The van der Waals surface area contributed by atoms with Gasteiger partial charge in [0.15, 0.2) is 0 Å². The van der Waals surface area contributed by atoms with E-state index in [9.17, 15) is 9.59 Å². The van der Waals surface area contributed by atoms with Crippen molar-refractivity contribution in [3.63, 3.8) is 0 Å². The molecule has 0 aromatic heterocycles. The van der Waals surface area contributed by atoms with E-state index in [1.807, 2.05) is 6.07 Å². The number of nitriles is 1. The molecule has 0 unspecified atom stereocenters. The van der Waals surface area contributed by atoms with Crippen molar-refractivity contribution >= 4 is 34.8 Å². The number of nitrogens with one attached hydrogen (secondary N) is 2. The number of amides is 2. The minimum Gasteiger partial charge on any atom is -0.376 e. The molecule has 0 heterocycles. The highest BCUT2D eigenvalue weighted by molar-refractivity contribution is 6.32. The first kappa shape index (κ1) is 18.3. The van der Waals surface area contributed by atoms with Gasteiger partial charge in [0.2, 0.25) is 5.91 Å². The topological polar surface area (TPSA) is 85.2 Å². The summed E-state index contributed by atoms with van der Waals surface area (Å²) in [6, 6.07) is 13.6. The van der Waals surface area contributed by atoms with E-state index >= 15 is 0 Å². The first-order valence-corrected chi connectivity index (χ1v) is 7.83. The Bertz CT molecular complexity index is 843. The number of hydrogen-bond acceptors (Lipinski definition) is 4. The van der Waals surface area contributed by atoms with Gasteiger partial charge in [-0.25, -0.2) is 0 Å². The average Bonchev–Trinajstić information content (AvgIpc) is 2.59. The summed E-state index contributed by atoms with van der Waals surface area (Å²) >= 11 is 5.93. The summed E-state index contributed by atoms with van der Waals surface area (Å²) in [5.41, 5.74) is 2.06. The zero-order chi connectivity index (χ0) is 18.4. The van der Waals surface area contributed by atoms with Crippen molar-refractivity contribution in [2.24, 2.45) is 0 Å². The molecule has 0 radical (unpaired) electrons. The summed E-state index contributed by atoms with van der Waals surface area (Å²) in [7, 11) is 3.36. The molecule has 0 aliphatic rings. The lowest BCUT2D eigenvalue weighted by atomic mass is 10.2. The maximum atomic E-state index is 12.0. The molecule has 25 heavy (non-hydrogen) atoms. The van der Waals surface area contributed by atoms with E-state index in [1.165, 1.54) is 11.0 Å².